The van der Waals surface area contributed by atoms with Crippen LogP contribution in [-0.2, 0) is 19.2 Å². The van der Waals surface area contributed by atoms with E-state index in [9.17, 15) is 27.6 Å². The molecule has 8 nitrogen and oxygen atoms in total. The van der Waals surface area contributed by atoms with Gasteiger partial charge in [0, 0.05) is 24.1 Å². The van der Waals surface area contributed by atoms with Gasteiger partial charge >= 0.3 is 18.2 Å². The topological polar surface area (TPSA) is 97.8 Å². The molecule has 1 amide bonds. The minimum Gasteiger partial charge on any atom is -0.444 e. The molecule has 1 aromatic heterocycles. The SMILES string of the molecule is CC(=O)SC1CCN(OC(=O)C(F)(F)F)C/C1=C\c1csc(NC(=O)OC(C)(C)C)n1. The van der Waals surface area contributed by atoms with Gasteiger partial charge in [-0.1, -0.05) is 11.8 Å². The molecule has 2 heterocycles. The van der Waals surface area contributed by atoms with Crippen molar-refractivity contribution in [3.05, 3.63) is 16.6 Å². The molecule has 1 saturated heterocycles. The molecule has 31 heavy (non-hydrogen) atoms. The second kappa shape index (κ2) is 10.0. The molecule has 0 radical (unpaired) electrons. The van der Waals surface area contributed by atoms with E-state index < -0.39 is 23.8 Å². The van der Waals surface area contributed by atoms with Gasteiger partial charge in [-0.3, -0.25) is 10.1 Å². The fourth-order valence-corrected chi connectivity index (χ4v) is 4.11. The molecule has 172 valence electrons. The maximum atomic E-state index is 12.5. The van der Waals surface area contributed by atoms with Gasteiger partial charge in [-0.15, -0.1) is 16.4 Å². The van der Waals surface area contributed by atoms with Crippen LogP contribution in [0.15, 0.2) is 11.0 Å². The summed E-state index contributed by atoms with van der Waals surface area (Å²) in [5.74, 6) is -2.30. The van der Waals surface area contributed by atoms with Gasteiger partial charge in [0.15, 0.2) is 10.2 Å². The number of aromatic nitrogens is 1. The van der Waals surface area contributed by atoms with Gasteiger partial charge in [0.1, 0.15) is 5.60 Å². The van der Waals surface area contributed by atoms with Crippen LogP contribution in [0.4, 0.5) is 23.1 Å². The summed E-state index contributed by atoms with van der Waals surface area (Å²) in [7, 11) is 0. The fourth-order valence-electron chi connectivity index (χ4n) is 2.54. The molecule has 0 spiro atoms. The quantitative estimate of drug-likeness (QED) is 0.682. The zero-order valence-corrected chi connectivity index (χ0v) is 18.9. The van der Waals surface area contributed by atoms with E-state index in [-0.39, 0.29) is 28.6 Å². The van der Waals surface area contributed by atoms with Crippen molar-refractivity contribution < 1.29 is 37.1 Å². The van der Waals surface area contributed by atoms with Crippen LogP contribution < -0.4 is 5.32 Å². The fraction of sp³-hybridized carbons (Fsp3) is 0.556. The number of amides is 1. The molecule has 0 aromatic carbocycles. The van der Waals surface area contributed by atoms with E-state index in [1.165, 1.54) is 6.92 Å². The van der Waals surface area contributed by atoms with Crippen molar-refractivity contribution in [1.82, 2.24) is 10.0 Å². The minimum absolute atomic E-state index is 0.0482. The Hall–Kier alpha value is -2.12. The predicted octanol–water partition coefficient (Wildman–Crippen LogP) is 4.25. The van der Waals surface area contributed by atoms with Crippen LogP contribution in [0, 0.1) is 0 Å². The number of nitrogens with one attached hydrogen (secondary N) is 1. The van der Waals surface area contributed by atoms with Crippen molar-refractivity contribution in [2.45, 2.75) is 51.1 Å². The number of piperidine rings is 1. The Labute approximate surface area is 185 Å². The third kappa shape index (κ3) is 8.50. The first-order valence-electron chi connectivity index (χ1n) is 9.10. The largest absolute Gasteiger partial charge is 0.492 e. The third-order valence-electron chi connectivity index (χ3n) is 3.63. The highest BCUT2D eigenvalue weighted by Gasteiger charge is 2.43. The molecule has 1 atom stereocenters. The average Bonchev–Trinajstić information content (AvgIpc) is 3.01. The number of anilines is 1. The number of hydrogen-bond acceptors (Lipinski definition) is 9. The van der Waals surface area contributed by atoms with Crippen LogP contribution in [0.1, 0.15) is 39.8 Å². The number of ether oxygens (including phenoxy) is 1. The van der Waals surface area contributed by atoms with Crippen LogP contribution in [0.5, 0.6) is 0 Å². The van der Waals surface area contributed by atoms with E-state index in [4.69, 9.17) is 4.74 Å². The Morgan fingerprint density at radius 3 is 2.58 bits per heavy atom. The van der Waals surface area contributed by atoms with Crippen LogP contribution in [0.2, 0.25) is 0 Å². The molecule has 0 saturated carbocycles. The Balaban J connectivity index is 2.14. The van der Waals surface area contributed by atoms with Crippen molar-refractivity contribution in [2.75, 3.05) is 18.4 Å². The number of halogens is 3. The summed E-state index contributed by atoms with van der Waals surface area (Å²) in [5.41, 5.74) is 0.322. The molecule has 0 bridgehead atoms. The Kier molecular flexibility index (Phi) is 8.11. The summed E-state index contributed by atoms with van der Waals surface area (Å²) < 4.78 is 42.6. The van der Waals surface area contributed by atoms with Crippen molar-refractivity contribution >= 4 is 51.5 Å². The number of thiazole rings is 1. The number of carbonyl (C=O) groups is 3. The van der Waals surface area contributed by atoms with Crippen molar-refractivity contribution in [1.29, 1.82) is 0 Å². The van der Waals surface area contributed by atoms with Gasteiger partial charge in [-0.05, 0) is 38.8 Å². The molecule has 1 fully saturated rings. The Morgan fingerprint density at radius 2 is 2.00 bits per heavy atom. The number of carbonyl (C=O) groups excluding carboxylic acids is 3. The normalized spacial score (nSPS) is 19.2. The smallest absolute Gasteiger partial charge is 0.444 e. The highest BCUT2D eigenvalue weighted by Crippen LogP contribution is 2.31. The van der Waals surface area contributed by atoms with Gasteiger partial charge < -0.3 is 9.57 Å². The van der Waals surface area contributed by atoms with E-state index in [0.717, 1.165) is 28.2 Å². The minimum atomic E-state index is -5.11. The van der Waals surface area contributed by atoms with Crippen LogP contribution in [0.25, 0.3) is 6.08 Å². The van der Waals surface area contributed by atoms with Gasteiger partial charge in [0.05, 0.1) is 12.2 Å². The molecule has 13 heteroatoms. The zero-order chi connectivity index (χ0) is 23.4. The summed E-state index contributed by atoms with van der Waals surface area (Å²) in [5, 5.41) is 4.86. The predicted molar refractivity (Wildman–Crippen MR) is 110 cm³/mol. The number of hydroxylamine groups is 2. The lowest BCUT2D eigenvalue weighted by molar-refractivity contribution is -0.238. The molecular weight excluding hydrogens is 459 g/mol. The number of rotatable bonds is 4. The Morgan fingerprint density at radius 1 is 1.32 bits per heavy atom. The summed E-state index contributed by atoms with van der Waals surface area (Å²) in [4.78, 5) is 43.2. The maximum Gasteiger partial charge on any atom is 0.492 e. The van der Waals surface area contributed by atoms with E-state index in [1.807, 2.05) is 0 Å². The van der Waals surface area contributed by atoms with E-state index in [2.05, 4.69) is 15.1 Å². The molecule has 1 aliphatic heterocycles. The molecule has 1 aromatic rings. The summed E-state index contributed by atoms with van der Waals surface area (Å²) in [6.45, 7) is 6.49. The molecule has 2 rings (SSSR count). The van der Waals surface area contributed by atoms with Crippen LogP contribution >= 0.6 is 23.1 Å². The average molecular weight is 482 g/mol. The Bertz CT molecular complexity index is 864. The summed E-state index contributed by atoms with van der Waals surface area (Å²) in [6, 6.07) is 0. The van der Waals surface area contributed by atoms with Gasteiger partial charge in [-0.2, -0.15) is 13.2 Å². The number of nitrogens with zero attached hydrogens (tertiary/aromatic N) is 2. The third-order valence-corrected chi connectivity index (χ3v) is 5.56. The maximum absolute atomic E-state index is 12.5. The standard InChI is InChI=1S/C18H22F3N3O5S2/c1-10(25)31-13-5-6-24(29-14(26)18(19,20)21)8-11(13)7-12-9-30-15(22-12)23-16(27)28-17(2,3)4/h7,9,13H,5-6,8H2,1-4H3,(H,22,23,27)/b11-7+. The lowest BCUT2D eigenvalue weighted by Gasteiger charge is -2.32. The second-order valence-electron chi connectivity index (χ2n) is 7.55. The summed E-state index contributed by atoms with van der Waals surface area (Å²) >= 11 is 2.18. The van der Waals surface area contributed by atoms with E-state index in [0.29, 0.717) is 17.7 Å². The monoisotopic (exact) mass is 481 g/mol. The van der Waals surface area contributed by atoms with Gasteiger partial charge in [0.2, 0.25) is 0 Å². The van der Waals surface area contributed by atoms with Gasteiger partial charge in [0.25, 0.3) is 0 Å². The molecule has 1 aliphatic rings. The van der Waals surface area contributed by atoms with Crippen LogP contribution in [0.3, 0.4) is 0 Å². The first-order chi connectivity index (χ1) is 14.2. The zero-order valence-electron chi connectivity index (χ0n) is 17.2. The van der Waals surface area contributed by atoms with E-state index in [1.54, 1.807) is 32.2 Å². The van der Waals surface area contributed by atoms with E-state index >= 15 is 0 Å². The van der Waals surface area contributed by atoms with Crippen molar-refractivity contribution in [2.24, 2.45) is 0 Å². The molecular formula is C18H22F3N3O5S2. The number of alkyl halides is 3. The number of thioether (sulfide) groups is 1. The van der Waals surface area contributed by atoms with Crippen molar-refractivity contribution in [3.8, 4) is 0 Å². The molecule has 1 unspecified atom stereocenters. The molecule has 0 aliphatic carbocycles. The lowest BCUT2D eigenvalue weighted by Crippen LogP contribution is -2.41. The lowest BCUT2D eigenvalue weighted by atomic mass is 10.0. The molecule has 1 N–H and O–H groups in total. The van der Waals surface area contributed by atoms with Crippen LogP contribution in [-0.4, -0.2) is 57.3 Å². The highest BCUT2D eigenvalue weighted by molar-refractivity contribution is 8.14. The van der Waals surface area contributed by atoms with Gasteiger partial charge in [-0.25, -0.2) is 14.6 Å². The van der Waals surface area contributed by atoms with Crippen molar-refractivity contribution in [3.63, 3.8) is 0 Å². The highest BCUT2D eigenvalue weighted by atomic mass is 32.2. The second-order valence-corrected chi connectivity index (χ2v) is 9.79. The summed E-state index contributed by atoms with van der Waals surface area (Å²) in [6.07, 6.45) is -3.88. The number of hydrogen-bond donors (Lipinski definition) is 1. The first-order valence-corrected chi connectivity index (χ1v) is 10.9. The first kappa shape index (κ1) is 25.1.